The van der Waals surface area contributed by atoms with Crippen LogP contribution in [0.1, 0.15) is 0 Å². The molecule has 0 bridgehead atoms. The average Bonchev–Trinajstić information content (AvgIpc) is 1.72. The summed E-state index contributed by atoms with van der Waals surface area (Å²) in [6, 6.07) is 130. The number of rotatable bonds is 14. The second-order valence-corrected chi connectivity index (χ2v) is 26.7. The van der Waals surface area contributed by atoms with Crippen LogP contribution in [0.25, 0.3) is 154 Å². The van der Waals surface area contributed by atoms with Gasteiger partial charge in [0.2, 0.25) is 11.8 Å². The molecule has 0 spiro atoms. The number of anilines is 6. The molecular formula is C94H60N4O2S. The molecular weight excluding hydrogens is 1250 g/mol. The van der Waals surface area contributed by atoms with E-state index < -0.39 is 0 Å². The van der Waals surface area contributed by atoms with Gasteiger partial charge in [0, 0.05) is 76.2 Å². The molecule has 101 heavy (non-hydrogen) atoms. The molecule has 6 nitrogen and oxygen atoms in total. The normalized spacial score (nSPS) is 11.6. The largest absolute Gasteiger partial charge is 0.436 e. The van der Waals surface area contributed by atoms with Crippen LogP contribution in [0.3, 0.4) is 0 Å². The first-order valence-corrected chi connectivity index (χ1v) is 34.9. The lowest BCUT2D eigenvalue weighted by molar-refractivity contribution is 0.619. The Labute approximate surface area is 587 Å². The molecule has 0 fully saturated rings. The molecule has 0 radical (unpaired) electrons. The lowest BCUT2D eigenvalue weighted by atomic mass is 9.97. The van der Waals surface area contributed by atoms with Crippen molar-refractivity contribution in [1.29, 1.82) is 0 Å². The highest BCUT2D eigenvalue weighted by molar-refractivity contribution is 7.25. The predicted octanol–water partition coefficient (Wildman–Crippen LogP) is 26.9. The zero-order chi connectivity index (χ0) is 66.7. The first-order valence-electron chi connectivity index (χ1n) is 34.1. The Hall–Kier alpha value is -13.2. The van der Waals surface area contributed by atoms with Gasteiger partial charge in [-0.2, -0.15) is 0 Å². The van der Waals surface area contributed by atoms with Crippen LogP contribution in [-0.2, 0) is 0 Å². The van der Waals surface area contributed by atoms with E-state index in [2.05, 4.69) is 337 Å². The average molecular weight is 1310 g/mol. The van der Waals surface area contributed by atoms with Crippen molar-refractivity contribution >= 4 is 109 Å². The summed E-state index contributed by atoms with van der Waals surface area (Å²) in [5.41, 5.74) is 25.2. The predicted molar refractivity (Wildman–Crippen MR) is 422 cm³/mol. The van der Waals surface area contributed by atoms with Gasteiger partial charge in [-0.1, -0.05) is 224 Å². The van der Waals surface area contributed by atoms with Crippen molar-refractivity contribution in [2.45, 2.75) is 0 Å². The number of benzene rings is 16. The second kappa shape index (κ2) is 25.0. The summed E-state index contributed by atoms with van der Waals surface area (Å²) in [4.78, 5) is 14.9. The fourth-order valence-corrected chi connectivity index (χ4v) is 15.6. The van der Waals surface area contributed by atoms with Crippen LogP contribution >= 0.6 is 11.3 Å². The quantitative estimate of drug-likeness (QED) is 0.108. The Bertz CT molecular complexity index is 6270. The van der Waals surface area contributed by atoms with E-state index in [9.17, 15) is 0 Å². The summed E-state index contributed by atoms with van der Waals surface area (Å²) in [5.74, 6) is 1.21. The monoisotopic (exact) mass is 1310 g/mol. The van der Waals surface area contributed by atoms with Crippen LogP contribution in [0.15, 0.2) is 373 Å². The molecule has 0 aliphatic carbocycles. The number of hydrogen-bond donors (Lipinski definition) is 0. The summed E-state index contributed by atoms with van der Waals surface area (Å²) in [5, 5.41) is 6.88. The van der Waals surface area contributed by atoms with Gasteiger partial charge in [-0.3, -0.25) is 0 Å². The lowest BCUT2D eigenvalue weighted by Gasteiger charge is -2.26. The molecule has 19 rings (SSSR count). The van der Waals surface area contributed by atoms with Crippen LogP contribution in [0, 0.1) is 0 Å². The third-order valence-corrected chi connectivity index (χ3v) is 20.7. The van der Waals surface area contributed by atoms with Crippen LogP contribution in [-0.4, -0.2) is 9.97 Å². The highest BCUT2D eigenvalue weighted by atomic mass is 32.1. The fraction of sp³-hybridized carbons (Fsp3) is 0. The number of hydrogen-bond acceptors (Lipinski definition) is 7. The first kappa shape index (κ1) is 59.1. The smallest absolute Gasteiger partial charge is 0.227 e. The Kier molecular flexibility index (Phi) is 14.6. The van der Waals surface area contributed by atoms with Crippen molar-refractivity contribution in [3.63, 3.8) is 0 Å². The van der Waals surface area contributed by atoms with E-state index in [0.717, 1.165) is 134 Å². The molecule has 0 aliphatic rings. The van der Waals surface area contributed by atoms with Crippen molar-refractivity contribution in [2.24, 2.45) is 0 Å². The molecule has 19 aromatic rings. The number of fused-ring (bicyclic) bond motifs is 9. The molecule has 3 heterocycles. The number of thiophene rings is 1. The van der Waals surface area contributed by atoms with Gasteiger partial charge in [0.05, 0.1) is 0 Å². The van der Waals surface area contributed by atoms with E-state index in [0.29, 0.717) is 11.8 Å². The van der Waals surface area contributed by atoms with Gasteiger partial charge in [0.25, 0.3) is 0 Å². The number of nitrogens with zero attached hydrogens (tertiary/aromatic N) is 4. The third kappa shape index (κ3) is 10.9. The molecule has 474 valence electrons. The maximum atomic E-state index is 6.58. The Morgan fingerprint density at radius 3 is 1.01 bits per heavy atom. The second-order valence-electron chi connectivity index (χ2n) is 25.6. The third-order valence-electron chi connectivity index (χ3n) is 19.6. The molecule has 0 amide bonds. The van der Waals surface area contributed by atoms with Gasteiger partial charge < -0.3 is 18.6 Å². The molecule has 0 atom stereocenters. The van der Waals surface area contributed by atoms with Gasteiger partial charge in [-0.05, 0) is 217 Å². The molecule has 0 N–H and O–H groups in total. The summed E-state index contributed by atoms with van der Waals surface area (Å²) in [6.07, 6.45) is 0. The molecule has 3 aromatic heterocycles. The molecule has 7 heteroatoms. The van der Waals surface area contributed by atoms with E-state index >= 15 is 0 Å². The van der Waals surface area contributed by atoms with E-state index in [4.69, 9.17) is 18.8 Å². The zero-order valence-corrected chi connectivity index (χ0v) is 55.5. The fourth-order valence-electron chi connectivity index (χ4n) is 14.5. The summed E-state index contributed by atoms with van der Waals surface area (Å²) >= 11 is 1.84. The standard InChI is InChI=1S/C94H60N4O2S/c1-4-15-61(16-5-1)63-33-43-73(44-34-63)97(75-49-39-67(40-50-75)79-24-13-26-84-81(79)54-56-87-91(84)95-93(99-87)69-19-8-3-9-20-69)74-47-37-66(38-48-74)72-22-12-21-71(59-72)65-29-31-70(32-30-65)94-96-92-85-27-14-25-80(82(85)55-57-88(92)100-94)68-41-51-77(52-42-68)98(76-45-35-64(36-46-76)62-17-6-2-7-18-62)78-53-58-90-86(60-78)83-23-10-11-28-89(83)101-90/h1-60H. The number of oxazole rings is 2. The minimum atomic E-state index is 0.585. The lowest BCUT2D eigenvalue weighted by Crippen LogP contribution is -2.09. The Morgan fingerprint density at radius 1 is 0.208 bits per heavy atom. The summed E-state index contributed by atoms with van der Waals surface area (Å²) in [7, 11) is 0. The van der Waals surface area contributed by atoms with Gasteiger partial charge in [0.15, 0.2) is 11.2 Å². The molecule has 0 unspecified atom stereocenters. The van der Waals surface area contributed by atoms with Gasteiger partial charge in [-0.25, -0.2) is 9.97 Å². The molecule has 16 aromatic carbocycles. The van der Waals surface area contributed by atoms with Gasteiger partial charge in [0.1, 0.15) is 11.0 Å². The SMILES string of the molecule is c1ccc(-c2ccc(N(c3ccc(-c4cccc(-c5ccc(-c6nc7c(ccc8c(-c9ccc(N(c%10ccc(-c%11ccccc%11)cc%10)c%10ccc%11sc%12ccccc%12c%11c%10)cc9)cccc87)o6)cc5)c4)cc3)c3ccc(-c4cccc5c4ccc4oc(-c6ccccc6)nc45)cc3)cc2)cc1. The molecule has 0 aliphatic heterocycles. The topological polar surface area (TPSA) is 58.5 Å². The summed E-state index contributed by atoms with van der Waals surface area (Å²) in [6.45, 7) is 0. The number of aromatic nitrogens is 2. The minimum absolute atomic E-state index is 0.585. The van der Waals surface area contributed by atoms with Crippen LogP contribution in [0.2, 0.25) is 0 Å². The van der Waals surface area contributed by atoms with E-state index in [1.807, 2.05) is 47.7 Å². The zero-order valence-electron chi connectivity index (χ0n) is 54.7. The van der Waals surface area contributed by atoms with Gasteiger partial charge in [-0.15, -0.1) is 11.3 Å². The highest BCUT2D eigenvalue weighted by Gasteiger charge is 2.21. The Morgan fingerprint density at radius 2 is 0.535 bits per heavy atom. The van der Waals surface area contributed by atoms with Gasteiger partial charge >= 0.3 is 0 Å². The van der Waals surface area contributed by atoms with Crippen LogP contribution < -0.4 is 9.80 Å². The van der Waals surface area contributed by atoms with Crippen molar-refractivity contribution < 1.29 is 8.83 Å². The van der Waals surface area contributed by atoms with E-state index in [1.54, 1.807) is 0 Å². The van der Waals surface area contributed by atoms with Crippen molar-refractivity contribution in [3.05, 3.63) is 364 Å². The first-order chi connectivity index (χ1) is 50.0. The Balaban J connectivity index is 0.587. The van der Waals surface area contributed by atoms with Crippen molar-refractivity contribution in [3.8, 4) is 89.7 Å². The van der Waals surface area contributed by atoms with Crippen molar-refractivity contribution in [1.82, 2.24) is 9.97 Å². The maximum absolute atomic E-state index is 6.58. The summed E-state index contributed by atoms with van der Waals surface area (Å²) < 4.78 is 15.4. The minimum Gasteiger partial charge on any atom is -0.436 e. The van der Waals surface area contributed by atoms with E-state index in [1.165, 1.54) is 42.4 Å². The van der Waals surface area contributed by atoms with Crippen LogP contribution in [0.4, 0.5) is 34.1 Å². The maximum Gasteiger partial charge on any atom is 0.227 e. The van der Waals surface area contributed by atoms with Crippen molar-refractivity contribution in [2.75, 3.05) is 9.80 Å². The van der Waals surface area contributed by atoms with Crippen LogP contribution in [0.5, 0.6) is 0 Å². The van der Waals surface area contributed by atoms with E-state index in [-0.39, 0.29) is 0 Å². The highest BCUT2D eigenvalue weighted by Crippen LogP contribution is 2.45. The molecule has 0 saturated heterocycles. The molecule has 0 saturated carbocycles.